The van der Waals surface area contributed by atoms with Crippen LogP contribution < -0.4 is 0 Å². The summed E-state index contributed by atoms with van der Waals surface area (Å²) in [5, 5.41) is 2.47. The zero-order chi connectivity index (χ0) is 11.0. The Morgan fingerprint density at radius 3 is 2.27 bits per heavy atom. The van der Waals surface area contributed by atoms with Crippen molar-refractivity contribution in [3.05, 3.63) is 46.5 Å². The summed E-state index contributed by atoms with van der Waals surface area (Å²) >= 11 is 0. The molecule has 1 nitrogen and oxygen atoms in total. The molecule has 0 N–H and O–H groups in total. The smallest absolute Gasteiger partial charge is 0.150 e. The zero-order valence-corrected chi connectivity index (χ0v) is 9.29. The van der Waals surface area contributed by atoms with E-state index in [2.05, 4.69) is 32.9 Å². The molecule has 0 amide bonds. The first-order valence-electron chi connectivity index (χ1n) is 5.09. The van der Waals surface area contributed by atoms with Crippen molar-refractivity contribution >= 4 is 17.1 Å². The highest BCUT2D eigenvalue weighted by Crippen LogP contribution is 2.26. The largest absolute Gasteiger partial charge is 0.298 e. The van der Waals surface area contributed by atoms with Crippen molar-refractivity contribution in [2.75, 3.05) is 0 Å². The van der Waals surface area contributed by atoms with Gasteiger partial charge in [-0.05, 0) is 60.4 Å². The number of rotatable bonds is 1. The lowest BCUT2D eigenvalue weighted by Gasteiger charge is -2.09. The van der Waals surface area contributed by atoms with Crippen molar-refractivity contribution in [2.45, 2.75) is 20.8 Å². The quantitative estimate of drug-likeness (QED) is 0.640. The first-order valence-corrected chi connectivity index (χ1v) is 5.09. The molecule has 0 atom stereocenters. The Morgan fingerprint density at radius 2 is 1.60 bits per heavy atom. The number of hydrogen-bond acceptors (Lipinski definition) is 1. The second-order valence-corrected chi connectivity index (χ2v) is 4.08. The summed E-state index contributed by atoms with van der Waals surface area (Å²) in [6.07, 6.45) is 0.911. The predicted octanol–water partition coefficient (Wildman–Crippen LogP) is 3.58. The minimum atomic E-state index is 0.758. The van der Waals surface area contributed by atoms with Crippen LogP contribution in [-0.4, -0.2) is 6.29 Å². The molecule has 0 unspecified atom stereocenters. The summed E-state index contributed by atoms with van der Waals surface area (Å²) < 4.78 is 0. The molecule has 0 aromatic heterocycles. The fraction of sp³-hybridized carbons (Fsp3) is 0.214. The maximum absolute atomic E-state index is 10.8. The van der Waals surface area contributed by atoms with E-state index in [0.717, 1.165) is 11.8 Å². The van der Waals surface area contributed by atoms with E-state index in [9.17, 15) is 4.79 Å². The van der Waals surface area contributed by atoms with E-state index in [0.29, 0.717) is 0 Å². The van der Waals surface area contributed by atoms with Crippen LogP contribution in [0.3, 0.4) is 0 Å². The first-order chi connectivity index (χ1) is 7.13. The Hall–Kier alpha value is -1.63. The van der Waals surface area contributed by atoms with Crippen LogP contribution in [0, 0.1) is 20.8 Å². The molecule has 0 radical (unpaired) electrons. The van der Waals surface area contributed by atoms with Crippen molar-refractivity contribution in [3.63, 3.8) is 0 Å². The lowest BCUT2D eigenvalue weighted by molar-refractivity contribution is 0.112. The SMILES string of the molecule is Cc1ccc(C)c2c(C)cc(C=O)cc12. The molecule has 0 heterocycles. The van der Waals surface area contributed by atoms with Gasteiger partial charge < -0.3 is 0 Å². The van der Waals surface area contributed by atoms with Crippen LogP contribution in [0.1, 0.15) is 27.0 Å². The van der Waals surface area contributed by atoms with Gasteiger partial charge in [-0.1, -0.05) is 12.1 Å². The molecule has 15 heavy (non-hydrogen) atoms. The fourth-order valence-corrected chi connectivity index (χ4v) is 2.14. The molecule has 2 aromatic carbocycles. The third-order valence-corrected chi connectivity index (χ3v) is 2.90. The maximum Gasteiger partial charge on any atom is 0.150 e. The molecular formula is C14H14O. The number of carbonyl (C=O) groups is 1. The highest BCUT2D eigenvalue weighted by Gasteiger charge is 2.05. The first kappa shape index (κ1) is 9.91. The predicted molar refractivity (Wildman–Crippen MR) is 63.5 cm³/mol. The summed E-state index contributed by atoms with van der Waals surface area (Å²) in [4.78, 5) is 10.8. The second kappa shape index (κ2) is 3.50. The third kappa shape index (κ3) is 1.54. The molecule has 0 aliphatic carbocycles. The lowest BCUT2D eigenvalue weighted by atomic mass is 9.95. The van der Waals surface area contributed by atoms with E-state index in [-0.39, 0.29) is 0 Å². The lowest BCUT2D eigenvalue weighted by Crippen LogP contribution is -1.90. The van der Waals surface area contributed by atoms with Crippen LogP contribution in [0.4, 0.5) is 0 Å². The molecule has 1 heteroatoms. The van der Waals surface area contributed by atoms with Crippen LogP contribution in [0.2, 0.25) is 0 Å². The van der Waals surface area contributed by atoms with Crippen LogP contribution in [-0.2, 0) is 0 Å². The van der Waals surface area contributed by atoms with Crippen molar-refractivity contribution < 1.29 is 4.79 Å². The van der Waals surface area contributed by atoms with E-state index in [1.807, 2.05) is 12.1 Å². The van der Waals surface area contributed by atoms with Gasteiger partial charge in [0.15, 0.2) is 0 Å². The van der Waals surface area contributed by atoms with Crippen LogP contribution in [0.5, 0.6) is 0 Å². The number of aryl methyl sites for hydroxylation is 3. The summed E-state index contributed by atoms with van der Waals surface area (Å²) in [6.45, 7) is 6.24. The molecular weight excluding hydrogens is 184 g/mol. The van der Waals surface area contributed by atoms with E-state index in [1.165, 1.54) is 27.5 Å². The highest BCUT2D eigenvalue weighted by atomic mass is 16.1. The Bertz CT molecular complexity index is 539. The molecule has 2 aromatic rings. The van der Waals surface area contributed by atoms with Gasteiger partial charge in [0.2, 0.25) is 0 Å². The molecule has 76 valence electrons. The van der Waals surface area contributed by atoms with Crippen molar-refractivity contribution in [1.82, 2.24) is 0 Å². The molecule has 0 bridgehead atoms. The Balaban J connectivity index is 2.96. The molecule has 2 rings (SSSR count). The molecule has 0 fully saturated rings. The minimum Gasteiger partial charge on any atom is -0.298 e. The zero-order valence-electron chi connectivity index (χ0n) is 9.29. The number of aldehydes is 1. The van der Waals surface area contributed by atoms with Crippen LogP contribution >= 0.6 is 0 Å². The summed E-state index contributed by atoms with van der Waals surface area (Å²) in [6, 6.07) is 8.15. The summed E-state index contributed by atoms with van der Waals surface area (Å²) in [5.74, 6) is 0. The van der Waals surface area contributed by atoms with Gasteiger partial charge in [0, 0.05) is 5.56 Å². The fourth-order valence-electron chi connectivity index (χ4n) is 2.14. The third-order valence-electron chi connectivity index (χ3n) is 2.90. The topological polar surface area (TPSA) is 17.1 Å². The standard InChI is InChI=1S/C14H14O/c1-9-4-5-10(2)14-11(3)6-12(8-15)7-13(9)14/h4-8H,1-3H3. The van der Waals surface area contributed by atoms with Crippen molar-refractivity contribution in [2.24, 2.45) is 0 Å². The van der Waals surface area contributed by atoms with Gasteiger partial charge in [0.25, 0.3) is 0 Å². The molecule has 0 spiro atoms. The number of hydrogen-bond donors (Lipinski definition) is 0. The van der Waals surface area contributed by atoms with Gasteiger partial charge in [-0.3, -0.25) is 4.79 Å². The minimum absolute atomic E-state index is 0.758. The molecule has 0 aliphatic rings. The summed E-state index contributed by atoms with van der Waals surface area (Å²) in [7, 11) is 0. The van der Waals surface area contributed by atoms with Gasteiger partial charge in [-0.2, -0.15) is 0 Å². The summed E-state index contributed by atoms with van der Waals surface area (Å²) in [5.41, 5.74) is 4.43. The van der Waals surface area contributed by atoms with Crippen molar-refractivity contribution in [1.29, 1.82) is 0 Å². The van der Waals surface area contributed by atoms with Crippen LogP contribution in [0.15, 0.2) is 24.3 Å². The van der Waals surface area contributed by atoms with E-state index in [1.54, 1.807) is 0 Å². The van der Waals surface area contributed by atoms with Crippen molar-refractivity contribution in [3.8, 4) is 0 Å². The maximum atomic E-state index is 10.8. The average Bonchev–Trinajstić information content (AvgIpc) is 2.23. The van der Waals surface area contributed by atoms with E-state index in [4.69, 9.17) is 0 Å². The average molecular weight is 198 g/mol. The highest BCUT2D eigenvalue weighted by molar-refractivity contribution is 5.95. The number of benzene rings is 2. The number of carbonyl (C=O) groups excluding carboxylic acids is 1. The molecule has 0 saturated heterocycles. The van der Waals surface area contributed by atoms with E-state index >= 15 is 0 Å². The van der Waals surface area contributed by atoms with E-state index < -0.39 is 0 Å². The molecule has 0 aliphatic heterocycles. The normalized spacial score (nSPS) is 10.6. The van der Waals surface area contributed by atoms with Crippen LogP contribution in [0.25, 0.3) is 10.8 Å². The number of fused-ring (bicyclic) bond motifs is 1. The van der Waals surface area contributed by atoms with Gasteiger partial charge in [0.05, 0.1) is 0 Å². The Labute approximate surface area is 89.7 Å². The monoisotopic (exact) mass is 198 g/mol. The Kier molecular flexibility index (Phi) is 2.31. The molecule has 0 saturated carbocycles. The van der Waals surface area contributed by atoms with Gasteiger partial charge >= 0.3 is 0 Å². The van der Waals surface area contributed by atoms with Gasteiger partial charge in [0.1, 0.15) is 6.29 Å². The van der Waals surface area contributed by atoms with Gasteiger partial charge in [-0.15, -0.1) is 0 Å². The van der Waals surface area contributed by atoms with Gasteiger partial charge in [-0.25, -0.2) is 0 Å². The Morgan fingerprint density at radius 1 is 0.933 bits per heavy atom. The second-order valence-electron chi connectivity index (χ2n) is 4.08.